The summed E-state index contributed by atoms with van der Waals surface area (Å²) in [6.07, 6.45) is 10.2. The molecule has 1 saturated heterocycles. The van der Waals surface area contributed by atoms with Crippen molar-refractivity contribution in [2.45, 2.75) is 38.5 Å². The number of aromatic hydroxyl groups is 1. The Kier molecular flexibility index (Phi) is 4.85. The lowest BCUT2D eigenvalue weighted by atomic mass is 9.81. The molecule has 0 bridgehead atoms. The second kappa shape index (κ2) is 7.16. The Morgan fingerprint density at radius 1 is 1.37 bits per heavy atom. The molecule has 1 saturated carbocycles. The Balaban J connectivity index is 1.42. The number of rotatable bonds is 5. The molecule has 0 amide bonds. The highest BCUT2D eigenvalue weighted by atomic mass is 16.4. The van der Waals surface area contributed by atoms with Gasteiger partial charge in [-0.2, -0.15) is 0 Å². The minimum Gasteiger partial charge on any atom is -0.508 e. The van der Waals surface area contributed by atoms with Crippen LogP contribution in [0.25, 0.3) is 0 Å². The van der Waals surface area contributed by atoms with E-state index >= 15 is 0 Å². The quantitative estimate of drug-likeness (QED) is 0.819. The van der Waals surface area contributed by atoms with E-state index < -0.39 is 11.4 Å². The Morgan fingerprint density at radius 3 is 2.89 bits per heavy atom. The number of hydrogen-bond acceptors (Lipinski definition) is 3. The summed E-state index contributed by atoms with van der Waals surface area (Å²) in [4.78, 5) is 14.5. The van der Waals surface area contributed by atoms with Crippen LogP contribution in [0, 0.1) is 17.3 Å². The van der Waals surface area contributed by atoms with Gasteiger partial charge in [0.2, 0.25) is 0 Å². The molecule has 4 heteroatoms. The number of phenolic OH excluding ortho intramolecular Hbond substituents is 1. The van der Waals surface area contributed by atoms with Gasteiger partial charge in [0.05, 0.1) is 5.41 Å². The minimum atomic E-state index is -0.634. The number of likely N-dealkylation sites (tertiary alicyclic amines) is 1. The van der Waals surface area contributed by atoms with E-state index in [0.717, 1.165) is 38.8 Å². The largest absolute Gasteiger partial charge is 0.508 e. The van der Waals surface area contributed by atoms with Crippen LogP contribution in [0.1, 0.15) is 44.1 Å². The fourth-order valence-electron chi connectivity index (χ4n) is 5.21. The van der Waals surface area contributed by atoms with Crippen LogP contribution in [0.5, 0.6) is 5.75 Å². The molecule has 1 heterocycles. The molecule has 2 aliphatic carbocycles. The monoisotopic (exact) mass is 367 g/mol. The molecule has 4 nitrogen and oxygen atoms in total. The topological polar surface area (TPSA) is 60.8 Å². The number of phenols is 1. The molecule has 4 atom stereocenters. The second-order valence-corrected chi connectivity index (χ2v) is 8.63. The number of nitrogens with zero attached hydrogens (tertiary/aromatic N) is 1. The predicted molar refractivity (Wildman–Crippen MR) is 106 cm³/mol. The first-order chi connectivity index (χ1) is 13.0. The van der Waals surface area contributed by atoms with Crippen LogP contribution >= 0.6 is 0 Å². The predicted octanol–water partition coefficient (Wildman–Crippen LogP) is 4.18. The van der Waals surface area contributed by atoms with E-state index in [0.29, 0.717) is 24.1 Å². The van der Waals surface area contributed by atoms with E-state index in [1.807, 2.05) is 12.1 Å². The molecule has 27 heavy (non-hydrogen) atoms. The summed E-state index contributed by atoms with van der Waals surface area (Å²) in [5, 5.41) is 19.7. The van der Waals surface area contributed by atoms with Crippen molar-refractivity contribution in [3.63, 3.8) is 0 Å². The van der Waals surface area contributed by atoms with Gasteiger partial charge in [-0.1, -0.05) is 42.9 Å². The second-order valence-electron chi connectivity index (χ2n) is 8.63. The van der Waals surface area contributed by atoms with E-state index in [4.69, 9.17) is 0 Å². The average Bonchev–Trinajstić information content (AvgIpc) is 3.38. The van der Waals surface area contributed by atoms with Crippen molar-refractivity contribution in [1.82, 2.24) is 4.90 Å². The van der Waals surface area contributed by atoms with Gasteiger partial charge in [0, 0.05) is 13.1 Å². The van der Waals surface area contributed by atoms with Gasteiger partial charge in [-0.05, 0) is 67.7 Å². The van der Waals surface area contributed by atoms with Gasteiger partial charge in [0.25, 0.3) is 0 Å². The van der Waals surface area contributed by atoms with Crippen molar-refractivity contribution < 1.29 is 15.0 Å². The Hall–Kier alpha value is -2.07. The number of benzene rings is 1. The number of allylic oxidation sites excluding steroid dienone is 4. The first-order valence-corrected chi connectivity index (χ1v) is 10.1. The van der Waals surface area contributed by atoms with Crippen molar-refractivity contribution in [2.24, 2.45) is 17.3 Å². The summed E-state index contributed by atoms with van der Waals surface area (Å²) in [6.45, 7) is 4.74. The molecule has 4 rings (SSSR count). The molecular weight excluding hydrogens is 338 g/mol. The molecular formula is C23H29NO3. The zero-order chi connectivity index (χ0) is 19.0. The summed E-state index contributed by atoms with van der Waals surface area (Å²) in [5.74, 6) is 0.767. The number of piperidine rings is 1. The number of carboxylic acids is 1. The molecule has 1 aliphatic heterocycles. The van der Waals surface area contributed by atoms with E-state index in [2.05, 4.69) is 36.1 Å². The zero-order valence-electron chi connectivity index (χ0n) is 16.0. The van der Waals surface area contributed by atoms with Gasteiger partial charge in [0.1, 0.15) is 5.75 Å². The number of carbonyl (C=O) groups is 1. The lowest BCUT2D eigenvalue weighted by Crippen LogP contribution is -2.43. The van der Waals surface area contributed by atoms with Gasteiger partial charge in [-0.3, -0.25) is 4.79 Å². The summed E-state index contributed by atoms with van der Waals surface area (Å²) in [7, 11) is 0. The number of hydrogen-bond donors (Lipinski definition) is 2. The third-order valence-electron chi connectivity index (χ3n) is 6.79. The van der Waals surface area contributed by atoms with Crippen LogP contribution in [-0.4, -0.2) is 40.7 Å². The molecule has 2 fully saturated rings. The molecule has 1 aromatic carbocycles. The summed E-state index contributed by atoms with van der Waals surface area (Å²) >= 11 is 0. The van der Waals surface area contributed by atoms with Crippen LogP contribution < -0.4 is 0 Å². The molecule has 3 aliphatic rings. The molecule has 2 N–H and O–H groups in total. The lowest BCUT2D eigenvalue weighted by Gasteiger charge is -2.38. The first kappa shape index (κ1) is 18.3. The lowest BCUT2D eigenvalue weighted by molar-refractivity contribution is -0.144. The van der Waals surface area contributed by atoms with Crippen molar-refractivity contribution >= 4 is 5.97 Å². The van der Waals surface area contributed by atoms with Crippen LogP contribution in [0.2, 0.25) is 0 Å². The fourth-order valence-corrected chi connectivity index (χ4v) is 5.21. The number of aliphatic carboxylic acids is 1. The van der Waals surface area contributed by atoms with Gasteiger partial charge in [-0.25, -0.2) is 0 Å². The van der Waals surface area contributed by atoms with Crippen LogP contribution in [-0.2, 0) is 4.79 Å². The van der Waals surface area contributed by atoms with E-state index in [1.165, 1.54) is 11.1 Å². The first-order valence-electron chi connectivity index (χ1n) is 10.1. The fraction of sp³-hybridized carbons (Fsp3) is 0.522. The number of carboxylic acid groups (broad SMARTS) is 1. The van der Waals surface area contributed by atoms with Crippen molar-refractivity contribution in [1.29, 1.82) is 0 Å². The van der Waals surface area contributed by atoms with Gasteiger partial charge >= 0.3 is 5.97 Å². The van der Waals surface area contributed by atoms with Crippen LogP contribution in [0.3, 0.4) is 0 Å². The third-order valence-corrected chi connectivity index (χ3v) is 6.79. The summed E-state index contributed by atoms with van der Waals surface area (Å²) < 4.78 is 0. The van der Waals surface area contributed by atoms with E-state index in [-0.39, 0.29) is 5.92 Å². The average molecular weight is 367 g/mol. The van der Waals surface area contributed by atoms with Gasteiger partial charge < -0.3 is 15.1 Å². The highest BCUT2D eigenvalue weighted by Crippen LogP contribution is 2.58. The summed E-state index contributed by atoms with van der Waals surface area (Å²) in [6, 6.07) is 7.58. The normalized spacial score (nSPS) is 33.5. The molecule has 1 aromatic rings. The molecule has 0 aromatic heterocycles. The summed E-state index contributed by atoms with van der Waals surface area (Å²) in [5.41, 5.74) is 1.93. The van der Waals surface area contributed by atoms with E-state index in [1.54, 1.807) is 6.07 Å². The molecule has 4 unspecified atom stereocenters. The van der Waals surface area contributed by atoms with Crippen molar-refractivity contribution in [3.05, 3.63) is 53.6 Å². The zero-order valence-corrected chi connectivity index (χ0v) is 16.0. The maximum atomic E-state index is 12.1. The maximum absolute atomic E-state index is 12.1. The third kappa shape index (κ3) is 3.55. The van der Waals surface area contributed by atoms with Crippen molar-refractivity contribution in [3.8, 4) is 5.75 Å². The Bertz CT molecular complexity index is 784. The Morgan fingerprint density at radius 2 is 2.22 bits per heavy atom. The van der Waals surface area contributed by atoms with Crippen LogP contribution in [0.4, 0.5) is 0 Å². The van der Waals surface area contributed by atoms with Gasteiger partial charge in [0.15, 0.2) is 0 Å². The molecule has 0 spiro atoms. The minimum absolute atomic E-state index is 0.207. The highest BCUT2D eigenvalue weighted by molar-refractivity contribution is 5.80. The van der Waals surface area contributed by atoms with Crippen molar-refractivity contribution in [2.75, 3.05) is 19.6 Å². The van der Waals surface area contributed by atoms with E-state index in [9.17, 15) is 15.0 Å². The SMILES string of the molecule is CC1CN(CC2(C(=O)O)CC2C2=CC=CCC2)CCC1c1cccc(O)c1. The van der Waals surface area contributed by atoms with Gasteiger partial charge in [-0.15, -0.1) is 0 Å². The molecule has 0 radical (unpaired) electrons. The highest BCUT2D eigenvalue weighted by Gasteiger charge is 2.62. The maximum Gasteiger partial charge on any atom is 0.311 e. The molecule has 144 valence electrons. The standard InChI is InChI=1S/C23H29NO3/c1-16-14-24(11-10-20(16)18-8-5-9-19(25)12-18)15-23(22(26)27)13-21(23)17-6-3-2-4-7-17/h2-3,5-6,8-9,12,16,20-21,25H,4,7,10-11,13-15H2,1H3,(H,26,27). The Labute approximate surface area is 161 Å². The van der Waals surface area contributed by atoms with Crippen LogP contribution in [0.15, 0.2) is 48.1 Å². The smallest absolute Gasteiger partial charge is 0.311 e.